The molecular formula is C37H32BrIN2O5S. The quantitative estimate of drug-likeness (QED) is 0.113. The van der Waals surface area contributed by atoms with Gasteiger partial charge >= 0.3 is 5.97 Å². The van der Waals surface area contributed by atoms with Crippen LogP contribution in [0.25, 0.3) is 16.8 Å². The minimum atomic E-state index is -0.785. The fraction of sp³-hybridized carbons (Fsp3) is 0.216. The lowest BCUT2D eigenvalue weighted by Crippen LogP contribution is -2.40. The normalized spacial score (nSPS) is 14.7. The predicted octanol–water partition coefficient (Wildman–Crippen LogP) is 7.68. The molecule has 1 atom stereocenters. The average molecular weight is 824 g/mol. The number of benzene rings is 4. The number of thiazole rings is 1. The summed E-state index contributed by atoms with van der Waals surface area (Å²) in [7, 11) is 0. The van der Waals surface area contributed by atoms with E-state index in [1.165, 1.54) is 11.3 Å². The third-order valence-corrected chi connectivity index (χ3v) is 9.91. The van der Waals surface area contributed by atoms with Crippen molar-refractivity contribution in [2.24, 2.45) is 4.99 Å². The van der Waals surface area contributed by atoms with Crippen LogP contribution in [0.1, 0.15) is 50.4 Å². The van der Waals surface area contributed by atoms with Crippen molar-refractivity contribution in [2.45, 2.75) is 46.4 Å². The minimum absolute atomic E-state index is 0.116. The van der Waals surface area contributed by atoms with E-state index in [4.69, 9.17) is 19.2 Å². The Hall–Kier alpha value is -3.74. The monoisotopic (exact) mass is 822 g/mol. The fourth-order valence-corrected chi connectivity index (χ4v) is 8.45. The maximum atomic E-state index is 14.4. The number of carbonyl (C=O) groups is 1. The molecule has 4 aromatic carbocycles. The summed E-state index contributed by atoms with van der Waals surface area (Å²) in [5.74, 6) is 0.741. The fourth-order valence-electron chi connectivity index (χ4n) is 5.70. The Kier molecular flexibility index (Phi) is 10.00. The van der Waals surface area contributed by atoms with E-state index < -0.39 is 12.0 Å². The summed E-state index contributed by atoms with van der Waals surface area (Å²) in [6.07, 6.45) is 1.72. The zero-order chi connectivity index (χ0) is 33.2. The molecule has 0 amide bonds. The number of allylic oxidation sites excluding steroid dienone is 1. The van der Waals surface area contributed by atoms with E-state index in [0.29, 0.717) is 44.3 Å². The van der Waals surface area contributed by atoms with Crippen molar-refractivity contribution in [3.63, 3.8) is 0 Å². The van der Waals surface area contributed by atoms with Crippen molar-refractivity contribution in [1.82, 2.24) is 4.57 Å². The van der Waals surface area contributed by atoms with Crippen LogP contribution >= 0.6 is 49.9 Å². The lowest BCUT2D eigenvalue weighted by Gasteiger charge is -2.26. The van der Waals surface area contributed by atoms with Crippen LogP contribution in [0.2, 0.25) is 0 Å². The summed E-state index contributed by atoms with van der Waals surface area (Å²) in [6.45, 7) is 7.96. The predicted molar refractivity (Wildman–Crippen MR) is 198 cm³/mol. The lowest BCUT2D eigenvalue weighted by molar-refractivity contribution is -0.139. The molecule has 47 heavy (non-hydrogen) atoms. The van der Waals surface area contributed by atoms with Gasteiger partial charge < -0.3 is 14.2 Å². The van der Waals surface area contributed by atoms with E-state index in [9.17, 15) is 9.59 Å². The van der Waals surface area contributed by atoms with Crippen molar-refractivity contribution in [3.8, 4) is 11.5 Å². The van der Waals surface area contributed by atoms with Gasteiger partial charge in [0.05, 0.1) is 32.1 Å². The van der Waals surface area contributed by atoms with Gasteiger partial charge in [0, 0.05) is 15.6 Å². The third-order valence-electron chi connectivity index (χ3n) is 7.67. The van der Waals surface area contributed by atoms with Crippen molar-refractivity contribution < 1.29 is 19.0 Å². The number of halogens is 2. The van der Waals surface area contributed by atoms with Crippen LogP contribution in [-0.2, 0) is 16.1 Å². The molecule has 10 heteroatoms. The molecule has 0 aliphatic carbocycles. The van der Waals surface area contributed by atoms with E-state index >= 15 is 0 Å². The molecule has 0 bridgehead atoms. The van der Waals surface area contributed by atoms with Crippen LogP contribution in [0.5, 0.6) is 11.5 Å². The first kappa shape index (κ1) is 33.2. The molecule has 7 nitrogen and oxygen atoms in total. The number of fused-ring (bicyclic) bond motifs is 2. The molecule has 1 aromatic heterocycles. The average Bonchev–Trinajstić information content (AvgIpc) is 3.33. The van der Waals surface area contributed by atoms with Gasteiger partial charge in [0.15, 0.2) is 4.80 Å². The summed E-state index contributed by atoms with van der Waals surface area (Å²) >= 11 is 7.16. The first-order valence-corrected chi connectivity index (χ1v) is 17.9. The van der Waals surface area contributed by atoms with E-state index in [1.807, 2.05) is 74.5 Å². The Morgan fingerprint density at radius 1 is 1.09 bits per heavy atom. The Balaban J connectivity index is 1.49. The van der Waals surface area contributed by atoms with Crippen molar-refractivity contribution in [3.05, 3.63) is 135 Å². The summed E-state index contributed by atoms with van der Waals surface area (Å²) in [5, 5.41) is 2.28. The van der Waals surface area contributed by atoms with Crippen LogP contribution in [0.3, 0.4) is 0 Å². The maximum absolute atomic E-state index is 14.4. The van der Waals surface area contributed by atoms with Crippen LogP contribution in [-0.4, -0.2) is 23.2 Å². The number of carbonyl (C=O) groups excluding carboxylic acids is 1. The molecular weight excluding hydrogens is 791 g/mol. The van der Waals surface area contributed by atoms with E-state index in [0.717, 1.165) is 29.9 Å². The second kappa shape index (κ2) is 14.2. The number of aromatic nitrogens is 1. The summed E-state index contributed by atoms with van der Waals surface area (Å²) < 4.78 is 21.9. The second-order valence-electron chi connectivity index (χ2n) is 11.2. The van der Waals surface area contributed by atoms with Gasteiger partial charge in [0.2, 0.25) is 0 Å². The largest absolute Gasteiger partial charge is 0.491 e. The van der Waals surface area contributed by atoms with Gasteiger partial charge in [-0.3, -0.25) is 9.36 Å². The number of para-hydroxylation sites is 1. The Morgan fingerprint density at radius 2 is 1.83 bits per heavy atom. The van der Waals surface area contributed by atoms with Crippen LogP contribution in [0.4, 0.5) is 0 Å². The van der Waals surface area contributed by atoms with Crippen molar-refractivity contribution >= 4 is 72.7 Å². The molecule has 240 valence electrons. The number of nitrogens with zero attached hydrogens (tertiary/aromatic N) is 2. The number of ether oxygens (including phenoxy) is 3. The zero-order valence-corrected chi connectivity index (χ0v) is 30.8. The van der Waals surface area contributed by atoms with E-state index in [1.54, 1.807) is 18.4 Å². The molecule has 0 fully saturated rings. The van der Waals surface area contributed by atoms with Gasteiger partial charge in [-0.1, -0.05) is 87.9 Å². The molecule has 0 spiro atoms. The highest BCUT2D eigenvalue weighted by molar-refractivity contribution is 14.1. The second-order valence-corrected chi connectivity index (χ2v) is 14.3. The molecule has 0 saturated carbocycles. The van der Waals surface area contributed by atoms with Crippen LogP contribution < -0.4 is 24.4 Å². The Labute approximate surface area is 298 Å². The number of hydrogen-bond donors (Lipinski definition) is 0. The molecule has 0 N–H and O–H groups in total. The third kappa shape index (κ3) is 6.81. The molecule has 1 aliphatic heterocycles. The Morgan fingerprint density at radius 3 is 2.62 bits per heavy atom. The van der Waals surface area contributed by atoms with E-state index in [-0.39, 0.29) is 18.3 Å². The molecule has 5 aromatic rings. The van der Waals surface area contributed by atoms with Gasteiger partial charge in [-0.15, -0.1) is 0 Å². The molecule has 0 radical (unpaired) electrons. The van der Waals surface area contributed by atoms with Crippen molar-refractivity contribution in [1.29, 1.82) is 0 Å². The van der Waals surface area contributed by atoms with Gasteiger partial charge in [-0.05, 0) is 90.9 Å². The number of rotatable bonds is 9. The Bertz CT molecular complexity index is 2220. The highest BCUT2D eigenvalue weighted by Crippen LogP contribution is 2.37. The first-order chi connectivity index (χ1) is 22.7. The molecule has 2 heterocycles. The van der Waals surface area contributed by atoms with Crippen LogP contribution in [0, 0.1) is 3.57 Å². The molecule has 0 saturated heterocycles. The minimum Gasteiger partial charge on any atom is -0.491 e. The summed E-state index contributed by atoms with van der Waals surface area (Å²) in [4.78, 5) is 33.0. The van der Waals surface area contributed by atoms with Gasteiger partial charge in [0.25, 0.3) is 5.56 Å². The van der Waals surface area contributed by atoms with Gasteiger partial charge in [-0.2, -0.15) is 0 Å². The standard InChI is InChI=1S/C37H32BrIN2O5S/c1-5-44-36(43)32-22(4)40-37-41(33(32)28-15-8-9-16-30(28)46-21(2)3)35(42)31(47-37)18-25-17-26(38)19-29(39)34(25)45-20-24-13-10-12-23-11-6-7-14-27(23)24/h6-19,21,33H,5,20H2,1-4H3/b31-18-/t33-/m1/s1. The highest BCUT2D eigenvalue weighted by atomic mass is 127. The van der Waals surface area contributed by atoms with Crippen LogP contribution in [0.15, 0.2) is 104 Å². The molecule has 1 aliphatic rings. The SMILES string of the molecule is CCOC(=O)C1=C(C)N=c2s/c(=C\c3cc(Br)cc(I)c3OCc3cccc4ccccc34)c(=O)n2[C@@H]1c1ccccc1OC(C)C. The first-order valence-electron chi connectivity index (χ1n) is 15.2. The number of hydrogen-bond acceptors (Lipinski definition) is 7. The lowest BCUT2D eigenvalue weighted by atomic mass is 9.95. The smallest absolute Gasteiger partial charge is 0.338 e. The van der Waals surface area contributed by atoms with Gasteiger partial charge in [-0.25, -0.2) is 9.79 Å². The zero-order valence-electron chi connectivity index (χ0n) is 26.3. The molecule has 0 unspecified atom stereocenters. The van der Waals surface area contributed by atoms with E-state index in [2.05, 4.69) is 62.8 Å². The number of esters is 1. The summed E-state index contributed by atoms with van der Waals surface area (Å²) in [6, 6.07) is 25.0. The van der Waals surface area contributed by atoms with Gasteiger partial charge in [0.1, 0.15) is 24.1 Å². The topological polar surface area (TPSA) is 79.1 Å². The maximum Gasteiger partial charge on any atom is 0.338 e. The van der Waals surface area contributed by atoms with Crippen molar-refractivity contribution in [2.75, 3.05) is 6.61 Å². The summed E-state index contributed by atoms with van der Waals surface area (Å²) in [5.41, 5.74) is 3.02. The molecule has 6 rings (SSSR count). The highest BCUT2D eigenvalue weighted by Gasteiger charge is 2.35.